The Balaban J connectivity index is 4.52. The van der Waals surface area contributed by atoms with Crippen molar-refractivity contribution in [3.63, 3.8) is 0 Å². The molecule has 0 aromatic carbocycles. The van der Waals surface area contributed by atoms with Gasteiger partial charge in [-0.25, -0.2) is 14.6 Å². The minimum atomic E-state index is -1.31. The van der Waals surface area contributed by atoms with E-state index < -0.39 is 6.03 Å². The van der Waals surface area contributed by atoms with E-state index in [9.17, 15) is 24.0 Å². The highest BCUT2D eigenvalue weighted by Gasteiger charge is 2.18. The normalized spacial score (nSPS) is 8.00. The molecule has 0 radical (unpaired) electrons. The molecule has 0 rings (SSSR count). The third kappa shape index (κ3) is 1.97. The van der Waals surface area contributed by atoms with Crippen LogP contribution in [0.15, 0.2) is 0 Å². The van der Waals surface area contributed by atoms with Crippen LogP contribution in [-0.2, 0) is 19.2 Å². The number of hydrogen-bond acceptors (Lipinski definition) is 5. The average Bonchev–Trinajstić information content (AvgIpc) is 2.09. The van der Waals surface area contributed by atoms with E-state index in [0.29, 0.717) is 0 Å². The van der Waals surface area contributed by atoms with Crippen molar-refractivity contribution in [2.45, 2.75) is 0 Å². The second-order valence-corrected chi connectivity index (χ2v) is 1.52. The second-order valence-electron chi connectivity index (χ2n) is 1.52. The zero-order valence-electron chi connectivity index (χ0n) is 5.75. The van der Waals surface area contributed by atoms with Crippen LogP contribution in [0, 0.1) is 0 Å². The predicted molar refractivity (Wildman–Crippen MR) is 33.3 cm³/mol. The van der Waals surface area contributed by atoms with Crippen molar-refractivity contribution in [3.05, 3.63) is 0 Å². The Morgan fingerprint density at radius 1 is 0.750 bits per heavy atom. The third-order valence-corrected chi connectivity index (χ3v) is 0.896. The van der Waals surface area contributed by atoms with Gasteiger partial charge < -0.3 is 0 Å². The van der Waals surface area contributed by atoms with E-state index in [1.54, 1.807) is 0 Å². The van der Waals surface area contributed by atoms with E-state index in [1.807, 2.05) is 0 Å². The maximum absolute atomic E-state index is 10.7. The summed E-state index contributed by atoms with van der Waals surface area (Å²) in [6.07, 6.45) is -0.463. The number of carbonyl (C=O) groups is 5. The fourth-order valence-corrected chi connectivity index (χ4v) is 0.363. The van der Waals surface area contributed by atoms with E-state index in [4.69, 9.17) is 0 Å². The van der Waals surface area contributed by atoms with Gasteiger partial charge in [-0.3, -0.25) is 19.2 Å². The first-order chi connectivity index (χ1) is 5.71. The summed E-state index contributed by atoms with van der Waals surface area (Å²) in [5.41, 5.74) is 0. The van der Waals surface area contributed by atoms with E-state index in [2.05, 4.69) is 0 Å². The highest BCUT2D eigenvalue weighted by Crippen LogP contribution is 1.87. The van der Waals surface area contributed by atoms with Gasteiger partial charge in [0.2, 0.25) is 25.6 Å². The molecule has 0 fully saturated rings. The van der Waals surface area contributed by atoms with Gasteiger partial charge in [0, 0.05) is 0 Å². The highest BCUT2D eigenvalue weighted by molar-refractivity contribution is 6.05. The summed E-state index contributed by atoms with van der Waals surface area (Å²) < 4.78 is 0. The van der Waals surface area contributed by atoms with Gasteiger partial charge >= 0.3 is 6.03 Å². The van der Waals surface area contributed by atoms with Crippen LogP contribution in [0.1, 0.15) is 0 Å². The van der Waals surface area contributed by atoms with E-state index in [-0.39, 0.29) is 35.4 Å². The van der Waals surface area contributed by atoms with Crippen LogP contribution in [0.2, 0.25) is 0 Å². The Morgan fingerprint density at radius 2 is 1.00 bits per heavy atom. The molecule has 0 atom stereocenters. The van der Waals surface area contributed by atoms with Gasteiger partial charge in [-0.1, -0.05) is 0 Å². The number of hydrogen-bond donors (Lipinski definition) is 0. The summed E-state index contributed by atoms with van der Waals surface area (Å²) in [5.74, 6) is 0. The molecule has 0 saturated heterocycles. The molecule has 0 saturated carbocycles. The quantitative estimate of drug-likeness (QED) is 0.473. The van der Waals surface area contributed by atoms with Crippen LogP contribution in [0.3, 0.4) is 0 Å². The van der Waals surface area contributed by atoms with E-state index in [1.165, 1.54) is 0 Å². The molecule has 0 aromatic rings. The lowest BCUT2D eigenvalue weighted by Crippen LogP contribution is -2.40. The standard InChI is InChI=1S/C5H4N2O5/c8-1-6(2-9)5(12)7(3-10)4-11/h1-4H. The Kier molecular flexibility index (Phi) is 3.91. The molecule has 0 spiro atoms. The minimum absolute atomic E-state index is 0.0167. The van der Waals surface area contributed by atoms with E-state index >= 15 is 0 Å². The zero-order chi connectivity index (χ0) is 9.56. The van der Waals surface area contributed by atoms with Gasteiger partial charge in [-0.2, -0.15) is 0 Å². The van der Waals surface area contributed by atoms with Crippen molar-refractivity contribution in [3.8, 4) is 0 Å². The number of rotatable bonds is 4. The fourth-order valence-electron chi connectivity index (χ4n) is 0.363. The topological polar surface area (TPSA) is 91.8 Å². The fraction of sp³-hybridized carbons (Fsp3) is 0. The molecule has 0 unspecified atom stereocenters. The summed E-state index contributed by atoms with van der Waals surface area (Å²) in [4.78, 5) is 50.4. The maximum Gasteiger partial charge on any atom is 0.346 e. The smallest absolute Gasteiger partial charge is 0.278 e. The third-order valence-electron chi connectivity index (χ3n) is 0.896. The van der Waals surface area contributed by atoms with Crippen molar-refractivity contribution in [1.82, 2.24) is 9.80 Å². The Bertz CT molecular complexity index is 188. The molecule has 64 valence electrons. The summed E-state index contributed by atoms with van der Waals surface area (Å²) >= 11 is 0. The summed E-state index contributed by atoms with van der Waals surface area (Å²) in [6.45, 7) is 0. The number of amides is 6. The first-order valence-corrected chi connectivity index (χ1v) is 2.63. The molecule has 7 nitrogen and oxygen atoms in total. The van der Waals surface area contributed by atoms with Crippen LogP contribution < -0.4 is 0 Å². The number of imide groups is 6. The first-order valence-electron chi connectivity index (χ1n) is 2.63. The predicted octanol–water partition coefficient (Wildman–Crippen LogP) is -1.66. The number of urea groups is 1. The molecule has 0 bridgehead atoms. The van der Waals surface area contributed by atoms with Gasteiger partial charge in [0.1, 0.15) is 0 Å². The second kappa shape index (κ2) is 4.72. The lowest BCUT2D eigenvalue weighted by Gasteiger charge is -2.10. The van der Waals surface area contributed by atoms with Crippen molar-refractivity contribution < 1.29 is 24.0 Å². The number of carbonyl (C=O) groups excluding carboxylic acids is 5. The minimum Gasteiger partial charge on any atom is -0.278 e. The van der Waals surface area contributed by atoms with Gasteiger partial charge in [0.15, 0.2) is 0 Å². The Labute approximate surface area is 66.5 Å². The number of nitrogens with zero attached hydrogens (tertiary/aromatic N) is 2. The molecule has 0 N–H and O–H groups in total. The summed E-state index contributed by atoms with van der Waals surface area (Å²) in [6, 6.07) is -1.31. The monoisotopic (exact) mass is 172 g/mol. The van der Waals surface area contributed by atoms with E-state index in [0.717, 1.165) is 0 Å². The van der Waals surface area contributed by atoms with Crippen molar-refractivity contribution in [2.24, 2.45) is 0 Å². The molecule has 7 heteroatoms. The molecular weight excluding hydrogens is 168 g/mol. The van der Waals surface area contributed by atoms with Crippen molar-refractivity contribution >= 4 is 31.7 Å². The SMILES string of the molecule is O=CN(C=O)C(=O)N(C=O)C=O. The molecule has 0 aliphatic heterocycles. The molecule has 0 aliphatic rings. The summed E-state index contributed by atoms with van der Waals surface area (Å²) in [5, 5.41) is 0. The molecular formula is C5H4N2O5. The van der Waals surface area contributed by atoms with Crippen molar-refractivity contribution in [2.75, 3.05) is 0 Å². The van der Waals surface area contributed by atoms with Gasteiger partial charge in [0.25, 0.3) is 0 Å². The largest absolute Gasteiger partial charge is 0.346 e. The van der Waals surface area contributed by atoms with Crippen LogP contribution >= 0.6 is 0 Å². The van der Waals surface area contributed by atoms with Gasteiger partial charge in [-0.15, -0.1) is 0 Å². The van der Waals surface area contributed by atoms with Crippen LogP contribution in [0.4, 0.5) is 4.79 Å². The van der Waals surface area contributed by atoms with Crippen LogP contribution in [-0.4, -0.2) is 41.5 Å². The molecule has 0 heterocycles. The maximum atomic E-state index is 10.7. The first kappa shape index (κ1) is 9.95. The molecule has 12 heavy (non-hydrogen) atoms. The molecule has 0 aliphatic carbocycles. The van der Waals surface area contributed by atoms with Gasteiger partial charge in [0.05, 0.1) is 0 Å². The van der Waals surface area contributed by atoms with Crippen LogP contribution in [0.25, 0.3) is 0 Å². The summed E-state index contributed by atoms with van der Waals surface area (Å²) in [7, 11) is 0. The molecule has 6 amide bonds. The Hall–Kier alpha value is -2.05. The highest BCUT2D eigenvalue weighted by atomic mass is 16.2. The zero-order valence-corrected chi connectivity index (χ0v) is 5.75. The lowest BCUT2D eigenvalue weighted by molar-refractivity contribution is -0.129. The lowest BCUT2D eigenvalue weighted by atomic mass is 10.7. The van der Waals surface area contributed by atoms with Gasteiger partial charge in [-0.05, 0) is 0 Å². The van der Waals surface area contributed by atoms with Crippen molar-refractivity contribution in [1.29, 1.82) is 0 Å². The molecule has 0 aromatic heterocycles. The Morgan fingerprint density at radius 3 is 1.17 bits per heavy atom. The van der Waals surface area contributed by atoms with Crippen LogP contribution in [0.5, 0.6) is 0 Å². The average molecular weight is 172 g/mol.